The van der Waals surface area contributed by atoms with Crippen LogP contribution >= 0.6 is 0 Å². The zero-order chi connectivity index (χ0) is 20.8. The summed E-state index contributed by atoms with van der Waals surface area (Å²) in [7, 11) is -0.392. The number of aliphatic hydroxyl groups excluding tert-OH is 1. The van der Waals surface area contributed by atoms with Gasteiger partial charge in [0.1, 0.15) is 6.29 Å². The van der Waals surface area contributed by atoms with Gasteiger partial charge in [-0.15, -0.1) is 0 Å². The maximum atomic E-state index is 10.9. The first-order valence-electron chi connectivity index (χ1n) is 10.5. The maximum Gasteiger partial charge on any atom is 0.454 e. The van der Waals surface area contributed by atoms with Crippen LogP contribution in [0.2, 0.25) is 6.82 Å². The van der Waals surface area contributed by atoms with E-state index in [4.69, 9.17) is 14.4 Å². The van der Waals surface area contributed by atoms with Crippen molar-refractivity contribution in [3.05, 3.63) is 24.3 Å². The molecule has 28 heavy (non-hydrogen) atoms. The van der Waals surface area contributed by atoms with Crippen molar-refractivity contribution in [1.82, 2.24) is 0 Å². The Labute approximate surface area is 169 Å². The van der Waals surface area contributed by atoms with E-state index in [1.54, 1.807) is 0 Å². The van der Waals surface area contributed by atoms with Crippen LogP contribution in [-0.4, -0.2) is 47.9 Å². The van der Waals surface area contributed by atoms with Gasteiger partial charge in [-0.3, -0.25) is 4.79 Å². The monoisotopic (exact) mass is 394 g/mol. The number of hydrogen-bond acceptors (Lipinski definition) is 5. The highest BCUT2D eigenvalue weighted by Gasteiger charge is 2.31. The number of carbonyl (C=O) groups is 2. The number of allylic oxidation sites excluding steroid dienone is 2. The Morgan fingerprint density at radius 2 is 1.96 bits per heavy atom. The van der Waals surface area contributed by atoms with Crippen LogP contribution in [0.4, 0.5) is 0 Å². The van der Waals surface area contributed by atoms with Crippen molar-refractivity contribution in [3.63, 3.8) is 0 Å². The van der Waals surface area contributed by atoms with Crippen molar-refractivity contribution in [3.8, 4) is 0 Å². The van der Waals surface area contributed by atoms with Gasteiger partial charge in [0.15, 0.2) is 0 Å². The van der Waals surface area contributed by atoms with Gasteiger partial charge in [0.25, 0.3) is 0 Å². The number of rotatable bonds is 14. The summed E-state index contributed by atoms with van der Waals surface area (Å²) >= 11 is 0. The van der Waals surface area contributed by atoms with Crippen LogP contribution in [0, 0.1) is 5.92 Å². The molecule has 1 aliphatic heterocycles. The van der Waals surface area contributed by atoms with Crippen molar-refractivity contribution >= 4 is 19.4 Å². The van der Waals surface area contributed by atoms with Crippen LogP contribution in [0.15, 0.2) is 24.3 Å². The minimum atomic E-state index is -0.806. The minimum Gasteiger partial charge on any atom is -0.481 e. The highest BCUT2D eigenvalue weighted by Crippen LogP contribution is 2.25. The number of unbranched alkanes of at least 4 members (excludes halogenated alkanes) is 3. The summed E-state index contributed by atoms with van der Waals surface area (Å²) in [5, 5.41) is 19.1. The fraction of sp³-hybridized carbons (Fsp3) is 0.714. The van der Waals surface area contributed by atoms with Crippen molar-refractivity contribution in [2.24, 2.45) is 5.92 Å². The van der Waals surface area contributed by atoms with Gasteiger partial charge in [0.2, 0.25) is 0 Å². The molecule has 0 aliphatic carbocycles. The average molecular weight is 394 g/mol. The number of hydrogen-bond donors (Lipinski definition) is 2. The summed E-state index contributed by atoms with van der Waals surface area (Å²) in [5.74, 6) is -1.07. The molecule has 4 atom stereocenters. The largest absolute Gasteiger partial charge is 0.481 e. The molecule has 1 heterocycles. The molecule has 0 radical (unpaired) electrons. The second kappa shape index (κ2) is 14.5. The van der Waals surface area contributed by atoms with Crippen molar-refractivity contribution in [1.29, 1.82) is 0 Å². The van der Waals surface area contributed by atoms with Crippen LogP contribution in [0.25, 0.3) is 0 Å². The van der Waals surface area contributed by atoms with E-state index < -0.39 is 19.2 Å². The molecule has 0 unspecified atom stereocenters. The molecule has 0 amide bonds. The van der Waals surface area contributed by atoms with E-state index in [0.29, 0.717) is 19.3 Å². The van der Waals surface area contributed by atoms with Gasteiger partial charge in [0, 0.05) is 18.8 Å². The first-order valence-corrected chi connectivity index (χ1v) is 10.5. The third kappa shape index (κ3) is 10.2. The number of carboxylic acids is 1. The quantitative estimate of drug-likeness (QED) is 0.202. The summed E-state index contributed by atoms with van der Waals surface area (Å²) < 4.78 is 11.9. The molecule has 7 heteroatoms. The van der Waals surface area contributed by atoms with E-state index in [9.17, 15) is 14.7 Å². The lowest BCUT2D eigenvalue weighted by atomic mass is 9.87. The molecule has 0 saturated carbocycles. The number of aliphatic hydroxyl groups is 1. The topological polar surface area (TPSA) is 93.1 Å². The predicted molar refractivity (Wildman–Crippen MR) is 110 cm³/mol. The lowest BCUT2D eigenvalue weighted by Gasteiger charge is -2.28. The normalized spacial score (nSPS) is 22.2. The van der Waals surface area contributed by atoms with E-state index in [2.05, 4.69) is 6.92 Å². The molecule has 0 aromatic heterocycles. The van der Waals surface area contributed by atoms with Gasteiger partial charge in [0.05, 0.1) is 18.3 Å². The van der Waals surface area contributed by atoms with E-state index in [1.807, 2.05) is 31.1 Å². The fourth-order valence-corrected chi connectivity index (χ4v) is 3.35. The highest BCUT2D eigenvalue weighted by molar-refractivity contribution is 6.42. The zero-order valence-electron chi connectivity index (χ0n) is 17.2. The smallest absolute Gasteiger partial charge is 0.454 e. The Bertz CT molecular complexity index is 507. The number of aldehydes is 1. The number of carboxylic acid groups (broad SMARTS) is 1. The fourth-order valence-electron chi connectivity index (χ4n) is 3.35. The second-order valence-corrected chi connectivity index (χ2v) is 7.35. The van der Waals surface area contributed by atoms with Gasteiger partial charge in [-0.1, -0.05) is 50.5 Å². The Morgan fingerprint density at radius 3 is 2.64 bits per heavy atom. The molecule has 0 spiro atoms. The van der Waals surface area contributed by atoms with Crippen molar-refractivity contribution in [2.45, 2.75) is 89.8 Å². The Balaban J connectivity index is 2.70. The first-order chi connectivity index (χ1) is 13.5. The first kappa shape index (κ1) is 24.6. The number of aliphatic carboxylic acids is 1. The summed E-state index contributed by atoms with van der Waals surface area (Å²) in [6.07, 6.45) is 13.8. The predicted octanol–water partition coefficient (Wildman–Crippen LogP) is 3.79. The number of carbonyl (C=O) groups excluding carboxylic acids is 1. The second-order valence-electron chi connectivity index (χ2n) is 7.35. The third-order valence-electron chi connectivity index (χ3n) is 4.91. The van der Waals surface area contributed by atoms with Gasteiger partial charge in [-0.05, 0) is 32.5 Å². The van der Waals surface area contributed by atoms with Crippen LogP contribution in [0.5, 0.6) is 0 Å². The van der Waals surface area contributed by atoms with Gasteiger partial charge >= 0.3 is 13.1 Å². The standard InChI is InChI=1S/C21H35BO6/c1-3-4-7-10-17-13-14-20(28-22(2)27-17)18(19(24)15-16-23)11-8-5-6-9-12-21(25)26/h5,8,13-14,16-20,24H,3-4,6-7,9-12,15H2,1-2H3,(H,25,26)/b8-5-/t17-,18-,19-,20-/m0/s1. The van der Waals surface area contributed by atoms with Crippen LogP contribution in [0.3, 0.4) is 0 Å². The molecular formula is C21H35BO6. The molecule has 0 aromatic rings. The third-order valence-corrected chi connectivity index (χ3v) is 4.91. The molecular weight excluding hydrogens is 359 g/mol. The molecule has 0 fully saturated rings. The summed E-state index contributed by atoms with van der Waals surface area (Å²) in [5.41, 5.74) is 0. The molecule has 0 aromatic carbocycles. The summed E-state index contributed by atoms with van der Waals surface area (Å²) in [6, 6.07) is 0. The average Bonchev–Trinajstić information content (AvgIpc) is 2.82. The maximum absolute atomic E-state index is 10.9. The molecule has 1 rings (SSSR count). The highest BCUT2D eigenvalue weighted by atomic mass is 16.6. The van der Waals surface area contributed by atoms with E-state index >= 15 is 0 Å². The Morgan fingerprint density at radius 1 is 1.18 bits per heavy atom. The Kier molecular flexibility index (Phi) is 12.8. The van der Waals surface area contributed by atoms with Crippen molar-refractivity contribution in [2.75, 3.05) is 0 Å². The lowest BCUT2D eigenvalue weighted by Crippen LogP contribution is -2.36. The molecule has 2 N–H and O–H groups in total. The van der Waals surface area contributed by atoms with Crippen LogP contribution < -0.4 is 0 Å². The SMILES string of the molecule is CCCCC[C@H]1C=C[C@@H]([C@@H](C/C=C\CCCC(=O)O)[C@@H](O)CC=O)OB(C)O1. The van der Waals surface area contributed by atoms with E-state index in [0.717, 1.165) is 25.5 Å². The van der Waals surface area contributed by atoms with Gasteiger partial charge in [-0.2, -0.15) is 0 Å². The van der Waals surface area contributed by atoms with Crippen molar-refractivity contribution < 1.29 is 29.1 Å². The minimum absolute atomic E-state index is 0.00183. The van der Waals surface area contributed by atoms with E-state index in [-0.39, 0.29) is 31.0 Å². The van der Waals surface area contributed by atoms with E-state index in [1.165, 1.54) is 6.42 Å². The molecule has 158 valence electrons. The zero-order valence-corrected chi connectivity index (χ0v) is 17.2. The molecule has 0 bridgehead atoms. The lowest BCUT2D eigenvalue weighted by molar-refractivity contribution is -0.137. The summed E-state index contributed by atoms with van der Waals surface area (Å²) in [4.78, 5) is 21.4. The molecule has 1 aliphatic rings. The van der Waals surface area contributed by atoms with Crippen LogP contribution in [-0.2, 0) is 18.9 Å². The van der Waals surface area contributed by atoms with Gasteiger partial charge in [-0.25, -0.2) is 0 Å². The molecule has 6 nitrogen and oxygen atoms in total. The summed E-state index contributed by atoms with van der Waals surface area (Å²) in [6.45, 7) is 4.03. The Hall–Kier alpha value is -1.44. The van der Waals surface area contributed by atoms with Gasteiger partial charge < -0.3 is 24.3 Å². The van der Waals surface area contributed by atoms with Crippen LogP contribution in [0.1, 0.15) is 64.7 Å². The molecule has 0 saturated heterocycles.